The normalized spacial score (nSPS) is 17.2. The smallest absolute Gasteiger partial charge is 0.0755 e. The molecule has 0 saturated heterocycles. The molecule has 0 aliphatic carbocycles. The van der Waals surface area contributed by atoms with Crippen molar-refractivity contribution < 1.29 is 5.11 Å². The second-order valence-electron chi connectivity index (χ2n) is 7.00. The van der Waals surface area contributed by atoms with E-state index in [0.717, 1.165) is 0 Å². The summed E-state index contributed by atoms with van der Waals surface area (Å²) in [7, 11) is -1.07. The Kier molecular flexibility index (Phi) is 7.13. The van der Waals surface area contributed by atoms with Crippen LogP contribution in [-0.4, -0.2) is 19.3 Å². The minimum Gasteiger partial charge on any atom is -0.389 e. The summed E-state index contributed by atoms with van der Waals surface area (Å²) in [5, 5.41) is 10.3. The zero-order valence-electron chi connectivity index (χ0n) is 14.1. The lowest BCUT2D eigenvalue weighted by molar-refractivity contribution is 0.153. The maximum Gasteiger partial charge on any atom is 0.0755 e. The monoisotopic (exact) mass is 302 g/mol. The number of aliphatic hydroxyl groups is 1. The van der Waals surface area contributed by atoms with Gasteiger partial charge in [-0.15, -0.1) is 0 Å². The summed E-state index contributed by atoms with van der Waals surface area (Å²) in [4.78, 5) is 0. The molecule has 1 N–H and O–H groups in total. The molecule has 1 nitrogen and oxygen atoms in total. The predicted octanol–water partition coefficient (Wildman–Crippen LogP) is 5.24. The number of allylic oxidation sites excluding steroid dienone is 3. The van der Waals surface area contributed by atoms with Crippen LogP contribution in [0.1, 0.15) is 25.3 Å². The molecular weight excluding hydrogens is 272 g/mol. The van der Waals surface area contributed by atoms with E-state index in [-0.39, 0.29) is 11.8 Å². The summed E-state index contributed by atoms with van der Waals surface area (Å²) in [6.07, 6.45) is 8.02. The molecule has 0 saturated carbocycles. The molecule has 1 aromatic carbocycles. The van der Waals surface area contributed by atoms with Gasteiger partial charge in [0.2, 0.25) is 0 Å². The first kappa shape index (κ1) is 17.9. The lowest BCUT2D eigenvalue weighted by Crippen LogP contribution is -2.22. The van der Waals surface area contributed by atoms with Crippen molar-refractivity contribution >= 4 is 8.07 Å². The van der Waals surface area contributed by atoms with Gasteiger partial charge in [-0.25, -0.2) is 0 Å². The van der Waals surface area contributed by atoms with E-state index in [0.29, 0.717) is 0 Å². The molecule has 1 aromatic rings. The molecule has 0 radical (unpaired) electrons. The summed E-state index contributed by atoms with van der Waals surface area (Å²) in [6.45, 7) is 11.2. The summed E-state index contributed by atoms with van der Waals surface area (Å²) >= 11 is 0. The van der Waals surface area contributed by atoms with E-state index in [1.807, 2.05) is 25.1 Å². The first-order chi connectivity index (χ1) is 9.85. The van der Waals surface area contributed by atoms with E-state index in [9.17, 15) is 5.11 Å². The third-order valence-electron chi connectivity index (χ3n) is 3.75. The van der Waals surface area contributed by atoms with E-state index in [4.69, 9.17) is 0 Å². The van der Waals surface area contributed by atoms with Crippen molar-refractivity contribution in [2.75, 3.05) is 0 Å². The minimum atomic E-state index is -1.07. The highest BCUT2D eigenvalue weighted by molar-refractivity contribution is 6.76. The second kappa shape index (κ2) is 8.35. The van der Waals surface area contributed by atoms with Crippen molar-refractivity contribution in [1.29, 1.82) is 0 Å². The zero-order valence-corrected chi connectivity index (χ0v) is 15.1. The van der Waals surface area contributed by atoms with Gasteiger partial charge in [0.1, 0.15) is 0 Å². The Morgan fingerprint density at radius 1 is 1.10 bits per heavy atom. The highest BCUT2D eigenvalue weighted by Gasteiger charge is 2.22. The molecule has 0 amide bonds. The first-order valence-electron chi connectivity index (χ1n) is 7.87. The molecular formula is C19H30OSi. The van der Waals surface area contributed by atoms with Crippen LogP contribution in [0.3, 0.4) is 0 Å². The van der Waals surface area contributed by atoms with Gasteiger partial charge in [0.25, 0.3) is 0 Å². The summed E-state index contributed by atoms with van der Waals surface area (Å²) in [6, 6.07) is 11.7. The molecule has 0 aliphatic heterocycles. The van der Waals surface area contributed by atoms with Crippen LogP contribution in [0.2, 0.25) is 25.7 Å². The molecule has 0 heterocycles. The molecule has 3 atom stereocenters. The number of hydrogen-bond acceptors (Lipinski definition) is 1. The minimum absolute atomic E-state index is 0.168. The van der Waals surface area contributed by atoms with Gasteiger partial charge in [0, 0.05) is 14.0 Å². The molecule has 0 fully saturated rings. The van der Waals surface area contributed by atoms with Gasteiger partial charge in [0.15, 0.2) is 0 Å². The molecule has 0 spiro atoms. The lowest BCUT2D eigenvalue weighted by Gasteiger charge is -2.25. The number of hydrogen-bond donors (Lipinski definition) is 1. The van der Waals surface area contributed by atoms with Gasteiger partial charge in [-0.2, -0.15) is 0 Å². The van der Waals surface area contributed by atoms with Crippen LogP contribution < -0.4 is 0 Å². The Balaban J connectivity index is 2.95. The Bertz CT molecular complexity index is 456. The van der Waals surface area contributed by atoms with Crippen molar-refractivity contribution in [3.8, 4) is 0 Å². The highest BCUT2D eigenvalue weighted by Crippen LogP contribution is 2.29. The third-order valence-corrected chi connectivity index (χ3v) is 5.21. The number of aliphatic hydroxyl groups excluding tert-OH is 1. The van der Waals surface area contributed by atoms with Crippen molar-refractivity contribution in [3.05, 3.63) is 60.2 Å². The van der Waals surface area contributed by atoms with Crippen LogP contribution in [0.15, 0.2) is 54.6 Å². The Labute approximate surface area is 131 Å². The molecule has 116 valence electrons. The van der Waals surface area contributed by atoms with Gasteiger partial charge < -0.3 is 5.11 Å². The second-order valence-corrected chi connectivity index (χ2v) is 12.5. The fourth-order valence-corrected chi connectivity index (χ4v) is 3.26. The molecule has 0 aromatic heterocycles. The average molecular weight is 303 g/mol. The summed E-state index contributed by atoms with van der Waals surface area (Å²) < 4.78 is 0. The van der Waals surface area contributed by atoms with E-state index >= 15 is 0 Å². The Morgan fingerprint density at radius 2 is 1.71 bits per heavy atom. The SMILES string of the molecule is C/C=C/C(O)[C@@H](C)[C@@H](/C=C/C[Si](C)(C)C)c1ccccc1. The van der Waals surface area contributed by atoms with Gasteiger partial charge >= 0.3 is 0 Å². The van der Waals surface area contributed by atoms with E-state index in [1.54, 1.807) is 0 Å². The van der Waals surface area contributed by atoms with Gasteiger partial charge in [-0.05, 0) is 24.4 Å². The lowest BCUT2D eigenvalue weighted by atomic mass is 9.83. The highest BCUT2D eigenvalue weighted by atomic mass is 28.3. The van der Waals surface area contributed by atoms with Gasteiger partial charge in [0.05, 0.1) is 6.10 Å². The van der Waals surface area contributed by atoms with Crippen LogP contribution in [-0.2, 0) is 0 Å². The van der Waals surface area contributed by atoms with Crippen LogP contribution in [0, 0.1) is 5.92 Å². The Hall–Kier alpha value is -1.12. The molecule has 2 heteroatoms. The van der Waals surface area contributed by atoms with Crippen molar-refractivity contribution in [2.45, 2.75) is 51.6 Å². The van der Waals surface area contributed by atoms with Crippen molar-refractivity contribution in [3.63, 3.8) is 0 Å². The van der Waals surface area contributed by atoms with Crippen LogP contribution >= 0.6 is 0 Å². The molecule has 1 unspecified atom stereocenters. The van der Waals surface area contributed by atoms with E-state index in [2.05, 4.69) is 63.0 Å². The predicted molar refractivity (Wildman–Crippen MR) is 96.5 cm³/mol. The molecule has 0 bridgehead atoms. The largest absolute Gasteiger partial charge is 0.389 e. The fourth-order valence-electron chi connectivity index (χ4n) is 2.42. The van der Waals surface area contributed by atoms with Crippen LogP contribution in [0.4, 0.5) is 0 Å². The molecule has 1 rings (SSSR count). The third kappa shape index (κ3) is 6.45. The van der Waals surface area contributed by atoms with E-state index in [1.165, 1.54) is 11.6 Å². The standard InChI is InChI=1S/C19H30OSi/c1-6-11-19(20)16(2)18(14-10-15-21(3,4)5)17-12-8-7-9-13-17/h6-14,16,18-20H,15H2,1-5H3/b11-6+,14-10+/t16-,18+,19?/m0/s1. The summed E-state index contributed by atoms with van der Waals surface area (Å²) in [5.74, 6) is 0.426. The van der Waals surface area contributed by atoms with Crippen LogP contribution in [0.25, 0.3) is 0 Å². The fraction of sp³-hybridized carbons (Fsp3) is 0.474. The van der Waals surface area contributed by atoms with Crippen molar-refractivity contribution in [2.24, 2.45) is 5.92 Å². The van der Waals surface area contributed by atoms with Crippen LogP contribution in [0.5, 0.6) is 0 Å². The van der Waals surface area contributed by atoms with Gasteiger partial charge in [-0.1, -0.05) is 81.2 Å². The zero-order chi connectivity index (χ0) is 15.9. The topological polar surface area (TPSA) is 20.2 Å². The van der Waals surface area contributed by atoms with E-state index < -0.39 is 14.2 Å². The maximum atomic E-state index is 10.3. The molecule has 21 heavy (non-hydrogen) atoms. The van der Waals surface area contributed by atoms with Gasteiger partial charge in [-0.3, -0.25) is 0 Å². The number of benzene rings is 1. The average Bonchev–Trinajstić information content (AvgIpc) is 2.43. The Morgan fingerprint density at radius 3 is 2.24 bits per heavy atom. The van der Waals surface area contributed by atoms with Crippen molar-refractivity contribution in [1.82, 2.24) is 0 Å². The quantitative estimate of drug-likeness (QED) is 0.539. The summed E-state index contributed by atoms with van der Waals surface area (Å²) in [5.41, 5.74) is 1.28. The first-order valence-corrected chi connectivity index (χ1v) is 11.6. The maximum absolute atomic E-state index is 10.3. The molecule has 0 aliphatic rings. The number of rotatable bonds is 7.